The zero-order valence-electron chi connectivity index (χ0n) is 13.9. The summed E-state index contributed by atoms with van der Waals surface area (Å²) in [5.41, 5.74) is 0.519. The monoisotopic (exact) mass is 459 g/mol. The van der Waals surface area contributed by atoms with E-state index in [9.17, 15) is 4.79 Å². The molecule has 2 aliphatic heterocycles. The van der Waals surface area contributed by atoms with E-state index in [1.54, 1.807) is 18.3 Å². The van der Waals surface area contributed by atoms with Crippen molar-refractivity contribution in [2.45, 2.75) is 0 Å². The quantitative estimate of drug-likeness (QED) is 0.757. The van der Waals surface area contributed by atoms with Crippen molar-refractivity contribution in [3.63, 3.8) is 0 Å². The van der Waals surface area contributed by atoms with Gasteiger partial charge in [0.05, 0.1) is 0 Å². The molecule has 0 spiro atoms. The predicted octanol–water partition coefficient (Wildman–Crippen LogP) is 3.77. The second kappa shape index (κ2) is 9.04. The maximum absolute atomic E-state index is 12.9. The van der Waals surface area contributed by atoms with Gasteiger partial charge in [-0.2, -0.15) is 0 Å². The van der Waals surface area contributed by atoms with Gasteiger partial charge in [0.25, 0.3) is 5.91 Å². The number of amides is 1. The van der Waals surface area contributed by atoms with Crippen LogP contribution in [0, 0.1) is 11.8 Å². The van der Waals surface area contributed by atoms with E-state index in [2.05, 4.69) is 26.2 Å². The Hall–Kier alpha value is -1.34. The first-order valence-electron chi connectivity index (χ1n) is 8.09. The number of carbonyl (C=O) groups is 1. The highest BCUT2D eigenvalue weighted by atomic mass is 79.9. The molecule has 8 heteroatoms. The molecule has 0 unspecified atom stereocenters. The molecule has 1 aromatic carbocycles. The Labute approximate surface area is 173 Å². The standard InChI is InChI=1S/C18H18BrN3O2.2ClH/c19-14-3-1-4-15(7-14)24-17-16(5-2-6-21-17)18(23)22-10-12-8-20-9-13(12)11-22;;/h1-7,12-13,20H,8-11H2;2*1H/t12-,13+;;. The minimum absolute atomic E-state index is 0. The molecule has 2 saturated heterocycles. The van der Waals surface area contributed by atoms with Gasteiger partial charge in [-0.25, -0.2) is 4.98 Å². The number of nitrogens with one attached hydrogen (secondary N) is 1. The number of pyridine rings is 1. The first-order valence-corrected chi connectivity index (χ1v) is 8.88. The highest BCUT2D eigenvalue weighted by Gasteiger charge is 2.38. The molecular formula is C18H20BrCl2N3O2. The van der Waals surface area contributed by atoms with E-state index in [0.717, 1.165) is 30.7 Å². The van der Waals surface area contributed by atoms with Gasteiger partial charge in [0.1, 0.15) is 11.3 Å². The van der Waals surface area contributed by atoms with Crippen LogP contribution in [0.2, 0.25) is 0 Å². The summed E-state index contributed by atoms with van der Waals surface area (Å²) in [5, 5.41) is 3.39. The number of benzene rings is 1. The molecular weight excluding hydrogens is 441 g/mol. The Morgan fingerprint density at radius 2 is 1.88 bits per heavy atom. The van der Waals surface area contributed by atoms with E-state index in [4.69, 9.17) is 4.74 Å². The molecule has 0 saturated carbocycles. The number of hydrogen-bond acceptors (Lipinski definition) is 4. The van der Waals surface area contributed by atoms with Gasteiger partial charge in [0, 0.05) is 36.8 Å². The lowest BCUT2D eigenvalue weighted by Crippen LogP contribution is -2.32. The molecule has 2 aromatic rings. The fourth-order valence-electron chi connectivity index (χ4n) is 3.47. The number of likely N-dealkylation sites (tertiary alicyclic amines) is 1. The normalized spacial score (nSPS) is 20.7. The predicted molar refractivity (Wildman–Crippen MR) is 109 cm³/mol. The van der Waals surface area contributed by atoms with Crippen molar-refractivity contribution < 1.29 is 9.53 Å². The van der Waals surface area contributed by atoms with E-state index >= 15 is 0 Å². The number of fused-ring (bicyclic) bond motifs is 1. The summed E-state index contributed by atoms with van der Waals surface area (Å²) in [6.45, 7) is 3.62. The van der Waals surface area contributed by atoms with Crippen molar-refractivity contribution in [3.05, 3.63) is 52.6 Å². The fraction of sp³-hybridized carbons (Fsp3) is 0.333. The lowest BCUT2D eigenvalue weighted by molar-refractivity contribution is 0.0778. The molecule has 1 aromatic heterocycles. The summed E-state index contributed by atoms with van der Waals surface area (Å²) in [6.07, 6.45) is 1.65. The summed E-state index contributed by atoms with van der Waals surface area (Å²) >= 11 is 3.42. The van der Waals surface area contributed by atoms with E-state index in [-0.39, 0.29) is 30.7 Å². The lowest BCUT2D eigenvalue weighted by Gasteiger charge is -2.19. The van der Waals surface area contributed by atoms with Crippen LogP contribution in [0.15, 0.2) is 47.1 Å². The summed E-state index contributed by atoms with van der Waals surface area (Å²) in [7, 11) is 0. The van der Waals surface area contributed by atoms with Crippen molar-refractivity contribution >= 4 is 46.7 Å². The van der Waals surface area contributed by atoms with Gasteiger partial charge in [0.15, 0.2) is 0 Å². The molecule has 2 fully saturated rings. The molecule has 0 bridgehead atoms. The average molecular weight is 461 g/mol. The van der Waals surface area contributed by atoms with E-state index < -0.39 is 0 Å². The van der Waals surface area contributed by atoms with Gasteiger partial charge in [-0.15, -0.1) is 24.8 Å². The largest absolute Gasteiger partial charge is 0.438 e. The van der Waals surface area contributed by atoms with Gasteiger partial charge in [0.2, 0.25) is 5.88 Å². The van der Waals surface area contributed by atoms with Gasteiger partial charge < -0.3 is 15.0 Å². The SMILES string of the molecule is Cl.Cl.O=C(c1cccnc1Oc1cccc(Br)c1)N1C[C@H]2CNC[C@H]2C1. The van der Waals surface area contributed by atoms with Gasteiger partial charge in [-0.1, -0.05) is 22.0 Å². The van der Waals surface area contributed by atoms with Crippen LogP contribution in [0.1, 0.15) is 10.4 Å². The Kier molecular flexibility index (Phi) is 7.29. The van der Waals surface area contributed by atoms with Gasteiger partial charge in [-0.05, 0) is 42.2 Å². The molecule has 0 radical (unpaired) electrons. The first kappa shape index (κ1) is 21.0. The molecule has 1 N–H and O–H groups in total. The molecule has 4 rings (SSSR count). The van der Waals surface area contributed by atoms with Crippen LogP contribution in [0.25, 0.3) is 0 Å². The van der Waals surface area contributed by atoms with Crippen LogP contribution in [0.5, 0.6) is 11.6 Å². The Morgan fingerprint density at radius 3 is 2.58 bits per heavy atom. The minimum Gasteiger partial charge on any atom is -0.438 e. The van der Waals surface area contributed by atoms with E-state index in [0.29, 0.717) is 29.0 Å². The fourth-order valence-corrected chi connectivity index (χ4v) is 3.85. The summed E-state index contributed by atoms with van der Waals surface area (Å²) in [6, 6.07) is 11.1. The Morgan fingerprint density at radius 1 is 1.15 bits per heavy atom. The van der Waals surface area contributed by atoms with Crippen molar-refractivity contribution in [2.75, 3.05) is 26.2 Å². The van der Waals surface area contributed by atoms with Gasteiger partial charge >= 0.3 is 0 Å². The molecule has 5 nitrogen and oxygen atoms in total. The van der Waals surface area contributed by atoms with Crippen LogP contribution < -0.4 is 10.1 Å². The highest BCUT2D eigenvalue weighted by Crippen LogP contribution is 2.30. The van der Waals surface area contributed by atoms with Gasteiger partial charge in [-0.3, -0.25) is 4.79 Å². The number of rotatable bonds is 3. The topological polar surface area (TPSA) is 54.5 Å². The Balaban J connectivity index is 0.00000121. The molecule has 3 heterocycles. The van der Waals surface area contributed by atoms with Crippen LogP contribution in [-0.2, 0) is 0 Å². The molecule has 2 aliphatic rings. The number of hydrogen-bond donors (Lipinski definition) is 1. The van der Waals surface area contributed by atoms with Crippen LogP contribution >= 0.6 is 40.7 Å². The maximum atomic E-state index is 12.9. The second-order valence-corrected chi connectivity index (χ2v) is 7.22. The minimum atomic E-state index is 0. The number of aromatic nitrogens is 1. The maximum Gasteiger partial charge on any atom is 0.259 e. The third kappa shape index (κ3) is 4.31. The summed E-state index contributed by atoms with van der Waals surface area (Å²) in [5.74, 6) is 2.15. The van der Waals surface area contributed by atoms with Crippen molar-refractivity contribution in [1.29, 1.82) is 0 Å². The molecule has 0 aliphatic carbocycles. The Bertz CT molecular complexity index is 766. The first-order chi connectivity index (χ1) is 11.7. The van der Waals surface area contributed by atoms with Crippen LogP contribution in [0.4, 0.5) is 0 Å². The number of halogens is 3. The highest BCUT2D eigenvalue weighted by molar-refractivity contribution is 9.10. The summed E-state index contributed by atoms with van der Waals surface area (Å²) in [4.78, 5) is 19.1. The second-order valence-electron chi connectivity index (χ2n) is 6.30. The zero-order chi connectivity index (χ0) is 16.5. The molecule has 26 heavy (non-hydrogen) atoms. The van der Waals surface area contributed by atoms with E-state index in [1.165, 1.54) is 0 Å². The number of carbonyl (C=O) groups excluding carboxylic acids is 1. The molecule has 2 atom stereocenters. The van der Waals surface area contributed by atoms with Crippen molar-refractivity contribution in [1.82, 2.24) is 15.2 Å². The van der Waals surface area contributed by atoms with Crippen molar-refractivity contribution in [2.24, 2.45) is 11.8 Å². The van der Waals surface area contributed by atoms with Crippen LogP contribution in [0.3, 0.4) is 0 Å². The van der Waals surface area contributed by atoms with Crippen LogP contribution in [-0.4, -0.2) is 42.0 Å². The third-order valence-corrected chi connectivity index (χ3v) is 5.18. The number of ether oxygens (including phenoxy) is 1. The van der Waals surface area contributed by atoms with Crippen molar-refractivity contribution in [3.8, 4) is 11.6 Å². The zero-order valence-corrected chi connectivity index (χ0v) is 17.1. The third-order valence-electron chi connectivity index (χ3n) is 4.69. The molecule has 1 amide bonds. The number of nitrogens with zero attached hydrogens (tertiary/aromatic N) is 2. The van der Waals surface area contributed by atoms with E-state index in [1.807, 2.05) is 29.2 Å². The summed E-state index contributed by atoms with van der Waals surface area (Å²) < 4.78 is 6.78. The molecule has 140 valence electrons. The smallest absolute Gasteiger partial charge is 0.259 e. The lowest BCUT2D eigenvalue weighted by atomic mass is 10.0. The average Bonchev–Trinajstić information content (AvgIpc) is 3.16.